The number of piperazine rings is 1. The molecule has 0 unspecified atom stereocenters. The first-order valence-electron chi connectivity index (χ1n) is 8.85. The third kappa shape index (κ3) is 6.32. The SMILES string of the molecule is CCC(=O)N1CCN(c2cc(Cl)nc(SCC(=O)NCC(C)C)n2)CC1. The number of rotatable bonds is 7. The van der Waals surface area contributed by atoms with Gasteiger partial charge in [0.2, 0.25) is 11.8 Å². The normalized spacial score (nSPS) is 14.7. The van der Waals surface area contributed by atoms with Gasteiger partial charge in [-0.25, -0.2) is 9.97 Å². The molecule has 7 nitrogen and oxygen atoms in total. The van der Waals surface area contributed by atoms with E-state index in [4.69, 9.17) is 11.6 Å². The molecular weight excluding hydrogens is 374 g/mol. The standard InChI is InChI=1S/C17H26ClN5O2S/c1-4-16(25)23-7-5-22(6-8-23)14-9-13(18)20-17(21-14)26-11-15(24)19-10-12(2)3/h9,12H,4-8,10-11H2,1-3H3,(H,19,24). The van der Waals surface area contributed by atoms with E-state index in [2.05, 4.69) is 20.2 Å². The Labute approximate surface area is 163 Å². The van der Waals surface area contributed by atoms with Gasteiger partial charge >= 0.3 is 0 Å². The summed E-state index contributed by atoms with van der Waals surface area (Å²) < 4.78 is 0. The smallest absolute Gasteiger partial charge is 0.230 e. The lowest BCUT2D eigenvalue weighted by Gasteiger charge is -2.35. The van der Waals surface area contributed by atoms with E-state index < -0.39 is 0 Å². The average molecular weight is 400 g/mol. The zero-order chi connectivity index (χ0) is 19.1. The first-order valence-corrected chi connectivity index (χ1v) is 10.2. The predicted molar refractivity (Wildman–Crippen MR) is 105 cm³/mol. The lowest BCUT2D eigenvalue weighted by molar-refractivity contribution is -0.131. The molecule has 0 radical (unpaired) electrons. The van der Waals surface area contributed by atoms with E-state index >= 15 is 0 Å². The van der Waals surface area contributed by atoms with Crippen LogP contribution in [0.5, 0.6) is 0 Å². The van der Waals surface area contributed by atoms with Gasteiger partial charge < -0.3 is 15.1 Å². The number of nitrogens with one attached hydrogen (secondary N) is 1. The molecule has 0 spiro atoms. The molecule has 1 aromatic heterocycles. The fourth-order valence-corrected chi connectivity index (χ4v) is 3.43. The molecule has 1 aromatic rings. The summed E-state index contributed by atoms with van der Waals surface area (Å²) in [6.07, 6.45) is 0.527. The number of carbonyl (C=O) groups excluding carboxylic acids is 2. The van der Waals surface area contributed by atoms with Crippen LogP contribution in [0.15, 0.2) is 11.2 Å². The van der Waals surface area contributed by atoms with Crippen molar-refractivity contribution in [2.24, 2.45) is 5.92 Å². The van der Waals surface area contributed by atoms with Crippen LogP contribution >= 0.6 is 23.4 Å². The van der Waals surface area contributed by atoms with Crippen LogP contribution < -0.4 is 10.2 Å². The highest BCUT2D eigenvalue weighted by molar-refractivity contribution is 7.99. The van der Waals surface area contributed by atoms with Gasteiger partial charge in [0.15, 0.2) is 5.16 Å². The summed E-state index contributed by atoms with van der Waals surface area (Å²) in [7, 11) is 0. The number of anilines is 1. The van der Waals surface area contributed by atoms with Crippen LogP contribution in [0.25, 0.3) is 0 Å². The Morgan fingerprint density at radius 2 is 1.96 bits per heavy atom. The van der Waals surface area contributed by atoms with Crippen molar-refractivity contribution < 1.29 is 9.59 Å². The molecule has 26 heavy (non-hydrogen) atoms. The lowest BCUT2D eigenvalue weighted by atomic mass is 10.2. The number of halogens is 1. The molecule has 1 N–H and O–H groups in total. The highest BCUT2D eigenvalue weighted by Crippen LogP contribution is 2.22. The summed E-state index contributed by atoms with van der Waals surface area (Å²) in [5, 5.41) is 3.71. The van der Waals surface area contributed by atoms with Crippen LogP contribution in [0.1, 0.15) is 27.2 Å². The molecule has 2 heterocycles. The maximum absolute atomic E-state index is 11.9. The fourth-order valence-electron chi connectivity index (χ4n) is 2.52. The van der Waals surface area contributed by atoms with E-state index in [1.807, 2.05) is 25.7 Å². The number of hydrogen-bond donors (Lipinski definition) is 1. The first kappa shape index (κ1) is 20.8. The monoisotopic (exact) mass is 399 g/mol. The van der Waals surface area contributed by atoms with Crippen LogP contribution in [-0.4, -0.2) is 65.2 Å². The Kier molecular flexibility index (Phi) is 7.96. The summed E-state index contributed by atoms with van der Waals surface area (Å²) in [6.45, 7) is 9.39. The molecule has 2 rings (SSSR count). The van der Waals surface area contributed by atoms with Gasteiger partial charge in [0.25, 0.3) is 0 Å². The van der Waals surface area contributed by atoms with Crippen molar-refractivity contribution in [1.29, 1.82) is 0 Å². The summed E-state index contributed by atoms with van der Waals surface area (Å²) in [5.74, 6) is 1.54. The maximum Gasteiger partial charge on any atom is 0.230 e. The number of hydrogen-bond acceptors (Lipinski definition) is 6. The largest absolute Gasteiger partial charge is 0.355 e. The molecule has 0 aromatic carbocycles. The van der Waals surface area contributed by atoms with Gasteiger partial charge in [0.1, 0.15) is 11.0 Å². The van der Waals surface area contributed by atoms with E-state index in [-0.39, 0.29) is 17.6 Å². The number of aromatic nitrogens is 2. The maximum atomic E-state index is 11.9. The molecule has 1 aliphatic rings. The summed E-state index contributed by atoms with van der Waals surface area (Å²) in [5.41, 5.74) is 0. The Balaban J connectivity index is 1.93. The van der Waals surface area contributed by atoms with Crippen molar-refractivity contribution in [3.8, 4) is 0 Å². The van der Waals surface area contributed by atoms with Crippen LogP contribution in [0.4, 0.5) is 5.82 Å². The van der Waals surface area contributed by atoms with Crippen molar-refractivity contribution in [3.05, 3.63) is 11.2 Å². The van der Waals surface area contributed by atoms with Crippen molar-refractivity contribution in [2.45, 2.75) is 32.3 Å². The molecule has 1 aliphatic heterocycles. The zero-order valence-corrected chi connectivity index (χ0v) is 17.1. The molecule has 0 atom stereocenters. The van der Waals surface area contributed by atoms with Crippen LogP contribution in [0.3, 0.4) is 0 Å². The third-order valence-electron chi connectivity index (χ3n) is 3.96. The second kappa shape index (κ2) is 9.97. The van der Waals surface area contributed by atoms with Crippen molar-refractivity contribution in [3.63, 3.8) is 0 Å². The van der Waals surface area contributed by atoms with Gasteiger partial charge in [-0.15, -0.1) is 0 Å². The van der Waals surface area contributed by atoms with E-state index in [9.17, 15) is 9.59 Å². The summed E-state index contributed by atoms with van der Waals surface area (Å²) >= 11 is 7.40. The molecule has 144 valence electrons. The van der Waals surface area contributed by atoms with Crippen molar-refractivity contribution in [1.82, 2.24) is 20.2 Å². The predicted octanol–water partition coefficient (Wildman–Crippen LogP) is 2.05. The highest BCUT2D eigenvalue weighted by atomic mass is 35.5. The molecule has 0 aliphatic carbocycles. The summed E-state index contributed by atoms with van der Waals surface area (Å²) in [4.78, 5) is 36.3. The van der Waals surface area contributed by atoms with Gasteiger partial charge in [-0.2, -0.15) is 0 Å². The Morgan fingerprint density at radius 3 is 2.58 bits per heavy atom. The van der Waals surface area contributed by atoms with E-state index in [1.165, 1.54) is 11.8 Å². The Bertz CT molecular complexity index is 636. The number of carbonyl (C=O) groups is 2. The number of amides is 2. The van der Waals surface area contributed by atoms with Crippen molar-refractivity contribution >= 4 is 41.0 Å². The van der Waals surface area contributed by atoms with Gasteiger partial charge in [0, 0.05) is 45.2 Å². The lowest BCUT2D eigenvalue weighted by Crippen LogP contribution is -2.48. The van der Waals surface area contributed by atoms with Crippen molar-refractivity contribution in [2.75, 3.05) is 43.4 Å². The van der Waals surface area contributed by atoms with Gasteiger partial charge in [-0.05, 0) is 5.92 Å². The first-order chi connectivity index (χ1) is 12.4. The topological polar surface area (TPSA) is 78.4 Å². The third-order valence-corrected chi connectivity index (χ3v) is 5.00. The number of thioether (sulfide) groups is 1. The molecule has 2 amide bonds. The minimum absolute atomic E-state index is 0.0412. The minimum Gasteiger partial charge on any atom is -0.355 e. The van der Waals surface area contributed by atoms with E-state index in [1.54, 1.807) is 6.07 Å². The van der Waals surface area contributed by atoms with E-state index in [0.29, 0.717) is 55.4 Å². The van der Waals surface area contributed by atoms with Crippen LogP contribution in [-0.2, 0) is 9.59 Å². The highest BCUT2D eigenvalue weighted by Gasteiger charge is 2.21. The van der Waals surface area contributed by atoms with Crippen LogP contribution in [0, 0.1) is 5.92 Å². The second-order valence-electron chi connectivity index (χ2n) is 6.54. The Hall–Kier alpha value is -1.54. The molecule has 0 bridgehead atoms. The molecule has 1 fully saturated rings. The molecule has 0 saturated carbocycles. The van der Waals surface area contributed by atoms with Gasteiger partial charge in [-0.1, -0.05) is 44.1 Å². The molecule has 9 heteroatoms. The summed E-state index contributed by atoms with van der Waals surface area (Å²) in [6, 6.07) is 1.72. The van der Waals surface area contributed by atoms with E-state index in [0.717, 1.165) is 5.82 Å². The van der Waals surface area contributed by atoms with Crippen LogP contribution in [0.2, 0.25) is 5.15 Å². The fraction of sp³-hybridized carbons (Fsp3) is 0.647. The molecular formula is C17H26ClN5O2S. The Morgan fingerprint density at radius 1 is 1.27 bits per heavy atom. The van der Waals surface area contributed by atoms with Gasteiger partial charge in [-0.3, -0.25) is 9.59 Å². The number of nitrogens with zero attached hydrogens (tertiary/aromatic N) is 4. The molecule has 1 saturated heterocycles. The average Bonchev–Trinajstić information content (AvgIpc) is 2.63. The second-order valence-corrected chi connectivity index (χ2v) is 7.87. The van der Waals surface area contributed by atoms with Gasteiger partial charge in [0.05, 0.1) is 5.75 Å². The zero-order valence-electron chi connectivity index (χ0n) is 15.5. The quantitative estimate of drug-likeness (QED) is 0.429. The minimum atomic E-state index is -0.0412.